The van der Waals surface area contributed by atoms with E-state index in [1.54, 1.807) is 0 Å². The lowest BCUT2D eigenvalue weighted by atomic mass is 10.0. The number of anilines is 1. The van der Waals surface area contributed by atoms with Crippen molar-refractivity contribution in [3.8, 4) is 0 Å². The molecular formula is C17H23N3O. The molecule has 0 radical (unpaired) electrons. The molecule has 1 aromatic carbocycles. The van der Waals surface area contributed by atoms with Crippen LogP contribution in [0.1, 0.15) is 42.8 Å². The third kappa shape index (κ3) is 2.81. The lowest BCUT2D eigenvalue weighted by molar-refractivity contribution is 0.168. The maximum atomic E-state index is 10.3. The minimum absolute atomic E-state index is 0.344. The summed E-state index contributed by atoms with van der Waals surface area (Å²) < 4.78 is 1.97. The van der Waals surface area contributed by atoms with Gasteiger partial charge in [-0.1, -0.05) is 25.1 Å². The standard InChI is InChI=1S/C17H23N3O/c1-3-13-11-14(19(2)18-13)12-20-10-6-9-17(21)15-7-4-5-8-16(15)20/h4-5,7-8,11,17,21H,3,6,9-10,12H2,1-2H3. The second kappa shape index (κ2) is 5.90. The van der Waals surface area contributed by atoms with Gasteiger partial charge in [-0.3, -0.25) is 4.68 Å². The van der Waals surface area contributed by atoms with Gasteiger partial charge in [-0.05, 0) is 31.4 Å². The Kier molecular flexibility index (Phi) is 3.97. The molecule has 0 saturated carbocycles. The van der Waals surface area contributed by atoms with Gasteiger partial charge in [0.05, 0.1) is 24.0 Å². The number of hydrogen-bond donors (Lipinski definition) is 1. The van der Waals surface area contributed by atoms with Crippen molar-refractivity contribution in [2.45, 2.75) is 38.8 Å². The molecule has 0 spiro atoms. The SMILES string of the molecule is CCc1cc(CN2CCCC(O)c3ccccc32)n(C)n1. The minimum atomic E-state index is -0.344. The van der Waals surface area contributed by atoms with Crippen molar-refractivity contribution < 1.29 is 5.11 Å². The third-order valence-corrected chi connectivity index (χ3v) is 4.28. The van der Waals surface area contributed by atoms with Crippen LogP contribution in [0.25, 0.3) is 0 Å². The van der Waals surface area contributed by atoms with Crippen LogP contribution in [0.15, 0.2) is 30.3 Å². The van der Waals surface area contributed by atoms with Crippen LogP contribution < -0.4 is 4.90 Å². The van der Waals surface area contributed by atoms with Crippen molar-refractivity contribution in [1.82, 2.24) is 9.78 Å². The van der Waals surface area contributed by atoms with Gasteiger partial charge in [0.15, 0.2) is 0 Å². The molecule has 0 bridgehead atoms. The van der Waals surface area contributed by atoms with Gasteiger partial charge in [0.1, 0.15) is 0 Å². The molecule has 4 heteroatoms. The Labute approximate surface area is 126 Å². The minimum Gasteiger partial charge on any atom is -0.388 e. The monoisotopic (exact) mass is 285 g/mol. The molecule has 112 valence electrons. The van der Waals surface area contributed by atoms with Gasteiger partial charge in [0.25, 0.3) is 0 Å². The lowest BCUT2D eigenvalue weighted by Crippen LogP contribution is -2.24. The summed E-state index contributed by atoms with van der Waals surface area (Å²) in [5, 5.41) is 14.8. The number of para-hydroxylation sites is 1. The van der Waals surface area contributed by atoms with Crippen LogP contribution in [0.2, 0.25) is 0 Å². The van der Waals surface area contributed by atoms with E-state index in [1.165, 1.54) is 5.69 Å². The highest BCUT2D eigenvalue weighted by Gasteiger charge is 2.21. The first-order chi connectivity index (χ1) is 10.2. The van der Waals surface area contributed by atoms with Gasteiger partial charge >= 0.3 is 0 Å². The molecule has 0 amide bonds. The van der Waals surface area contributed by atoms with Gasteiger partial charge in [0, 0.05) is 24.8 Å². The summed E-state index contributed by atoms with van der Waals surface area (Å²) in [4.78, 5) is 2.36. The highest BCUT2D eigenvalue weighted by atomic mass is 16.3. The van der Waals surface area contributed by atoms with Crippen molar-refractivity contribution in [3.63, 3.8) is 0 Å². The number of aliphatic hydroxyl groups is 1. The average Bonchev–Trinajstić information content (AvgIpc) is 2.78. The average molecular weight is 285 g/mol. The number of aryl methyl sites for hydroxylation is 2. The third-order valence-electron chi connectivity index (χ3n) is 4.28. The summed E-state index contributed by atoms with van der Waals surface area (Å²) in [6.07, 6.45) is 2.46. The molecule has 1 atom stereocenters. The van der Waals surface area contributed by atoms with E-state index in [0.717, 1.165) is 49.3 Å². The predicted octanol–water partition coefficient (Wildman–Crippen LogP) is 2.82. The van der Waals surface area contributed by atoms with Gasteiger partial charge in [-0.2, -0.15) is 5.10 Å². The zero-order chi connectivity index (χ0) is 14.8. The largest absolute Gasteiger partial charge is 0.388 e. The maximum Gasteiger partial charge on any atom is 0.0810 e. The first-order valence-electron chi connectivity index (χ1n) is 7.72. The van der Waals surface area contributed by atoms with Crippen LogP contribution in [-0.4, -0.2) is 21.4 Å². The Morgan fingerprint density at radius 3 is 2.90 bits per heavy atom. The van der Waals surface area contributed by atoms with Gasteiger partial charge < -0.3 is 10.0 Å². The molecule has 0 fully saturated rings. The number of hydrogen-bond acceptors (Lipinski definition) is 3. The summed E-state index contributed by atoms with van der Waals surface area (Å²) in [6, 6.07) is 10.4. The topological polar surface area (TPSA) is 41.3 Å². The van der Waals surface area contributed by atoms with Gasteiger partial charge in [-0.15, -0.1) is 0 Å². The van der Waals surface area contributed by atoms with E-state index in [0.29, 0.717) is 0 Å². The van der Waals surface area contributed by atoms with Crippen molar-refractivity contribution in [2.75, 3.05) is 11.4 Å². The van der Waals surface area contributed by atoms with Crippen LogP contribution in [0.5, 0.6) is 0 Å². The highest BCUT2D eigenvalue weighted by Crippen LogP contribution is 2.33. The van der Waals surface area contributed by atoms with E-state index in [2.05, 4.69) is 29.1 Å². The lowest BCUT2D eigenvalue weighted by Gasteiger charge is -2.25. The van der Waals surface area contributed by atoms with Crippen molar-refractivity contribution in [2.24, 2.45) is 7.05 Å². The first kappa shape index (κ1) is 14.1. The molecular weight excluding hydrogens is 262 g/mol. The van der Waals surface area contributed by atoms with E-state index in [4.69, 9.17) is 0 Å². The smallest absolute Gasteiger partial charge is 0.0810 e. The molecule has 3 rings (SSSR count). The van der Waals surface area contributed by atoms with Crippen LogP contribution in [0.3, 0.4) is 0 Å². The Morgan fingerprint density at radius 1 is 1.33 bits per heavy atom. The second-order valence-electron chi connectivity index (χ2n) is 5.74. The summed E-state index contributed by atoms with van der Waals surface area (Å²) in [5.41, 5.74) is 4.56. The fourth-order valence-electron chi connectivity index (χ4n) is 3.06. The molecule has 2 heterocycles. The fraction of sp³-hybridized carbons (Fsp3) is 0.471. The Balaban J connectivity index is 1.91. The first-order valence-corrected chi connectivity index (χ1v) is 7.72. The number of fused-ring (bicyclic) bond motifs is 1. The molecule has 4 nitrogen and oxygen atoms in total. The van der Waals surface area contributed by atoms with Crippen molar-refractivity contribution >= 4 is 5.69 Å². The summed E-state index contributed by atoms with van der Waals surface area (Å²) in [7, 11) is 2.01. The zero-order valence-corrected chi connectivity index (χ0v) is 12.8. The molecule has 0 aliphatic carbocycles. The zero-order valence-electron chi connectivity index (χ0n) is 12.8. The molecule has 1 N–H and O–H groups in total. The molecule has 0 saturated heterocycles. The maximum absolute atomic E-state index is 10.3. The van der Waals surface area contributed by atoms with Crippen LogP contribution in [0, 0.1) is 0 Å². The Morgan fingerprint density at radius 2 is 2.14 bits per heavy atom. The quantitative estimate of drug-likeness (QED) is 0.943. The predicted molar refractivity (Wildman–Crippen MR) is 84.3 cm³/mol. The van der Waals surface area contributed by atoms with Crippen LogP contribution in [0.4, 0.5) is 5.69 Å². The molecule has 1 aromatic heterocycles. The second-order valence-corrected chi connectivity index (χ2v) is 5.74. The summed E-state index contributed by atoms with van der Waals surface area (Å²) >= 11 is 0. The fourth-order valence-corrected chi connectivity index (χ4v) is 3.06. The summed E-state index contributed by atoms with van der Waals surface area (Å²) in [5.74, 6) is 0. The number of nitrogens with zero attached hydrogens (tertiary/aromatic N) is 3. The van der Waals surface area contributed by atoms with E-state index in [1.807, 2.05) is 29.9 Å². The Bertz CT molecular complexity index is 620. The number of aromatic nitrogens is 2. The van der Waals surface area contributed by atoms with E-state index < -0.39 is 0 Å². The van der Waals surface area contributed by atoms with Gasteiger partial charge in [0.2, 0.25) is 0 Å². The molecule has 21 heavy (non-hydrogen) atoms. The number of aliphatic hydroxyl groups excluding tert-OH is 1. The van der Waals surface area contributed by atoms with Crippen LogP contribution >= 0.6 is 0 Å². The normalized spacial score (nSPS) is 18.4. The van der Waals surface area contributed by atoms with E-state index >= 15 is 0 Å². The molecule has 2 aromatic rings. The summed E-state index contributed by atoms with van der Waals surface area (Å²) in [6.45, 7) is 3.94. The molecule has 1 unspecified atom stereocenters. The number of rotatable bonds is 3. The molecule has 1 aliphatic heterocycles. The Hall–Kier alpha value is -1.81. The van der Waals surface area contributed by atoms with E-state index in [-0.39, 0.29) is 6.10 Å². The number of benzene rings is 1. The van der Waals surface area contributed by atoms with Gasteiger partial charge in [-0.25, -0.2) is 0 Å². The van der Waals surface area contributed by atoms with Crippen LogP contribution in [-0.2, 0) is 20.0 Å². The molecule has 1 aliphatic rings. The van der Waals surface area contributed by atoms with Crippen molar-refractivity contribution in [3.05, 3.63) is 47.3 Å². The highest BCUT2D eigenvalue weighted by molar-refractivity contribution is 5.55. The van der Waals surface area contributed by atoms with E-state index in [9.17, 15) is 5.11 Å². The van der Waals surface area contributed by atoms with Crippen molar-refractivity contribution in [1.29, 1.82) is 0 Å².